The van der Waals surface area contributed by atoms with Crippen molar-refractivity contribution < 1.29 is 19.1 Å². The van der Waals surface area contributed by atoms with Gasteiger partial charge in [0.25, 0.3) is 11.8 Å². The summed E-state index contributed by atoms with van der Waals surface area (Å²) in [5.74, 6) is -0.125. The lowest BCUT2D eigenvalue weighted by Gasteiger charge is -2.16. The van der Waals surface area contributed by atoms with E-state index in [0.29, 0.717) is 17.1 Å². The first kappa shape index (κ1) is 18.7. The topological polar surface area (TPSA) is 104 Å². The van der Waals surface area contributed by atoms with E-state index in [2.05, 4.69) is 10.3 Å². The lowest BCUT2D eigenvalue weighted by molar-refractivity contribution is -0.119. The molecule has 7 nitrogen and oxygen atoms in total. The number of amides is 2. The van der Waals surface area contributed by atoms with Crippen LogP contribution in [0.1, 0.15) is 40.4 Å². The number of hydrogen-bond acceptors (Lipinski definition) is 6. The van der Waals surface area contributed by atoms with Gasteiger partial charge in [0.1, 0.15) is 5.01 Å². The molecule has 3 N–H and O–H groups in total. The zero-order valence-corrected chi connectivity index (χ0v) is 15.2. The molecule has 0 bridgehead atoms. The van der Waals surface area contributed by atoms with Gasteiger partial charge in [-0.2, -0.15) is 0 Å². The van der Waals surface area contributed by atoms with Gasteiger partial charge in [0.2, 0.25) is 0 Å². The first-order chi connectivity index (χ1) is 11.9. The highest BCUT2D eigenvalue weighted by Crippen LogP contribution is 2.28. The molecule has 1 aromatic heterocycles. The molecule has 1 unspecified atom stereocenters. The van der Waals surface area contributed by atoms with Gasteiger partial charge in [-0.1, -0.05) is 6.92 Å². The molecule has 2 amide bonds. The molecule has 1 atom stereocenters. The number of carbonyl (C=O) groups is 2. The summed E-state index contributed by atoms with van der Waals surface area (Å²) >= 11 is 1.52. The van der Waals surface area contributed by atoms with Gasteiger partial charge < -0.3 is 20.5 Å². The Labute approximate surface area is 150 Å². The smallest absolute Gasteiger partial charge is 0.255 e. The van der Waals surface area contributed by atoms with Crippen LogP contribution in [0.3, 0.4) is 0 Å². The van der Waals surface area contributed by atoms with E-state index >= 15 is 0 Å². The van der Waals surface area contributed by atoms with Crippen LogP contribution in [0.5, 0.6) is 11.5 Å². The van der Waals surface area contributed by atoms with E-state index < -0.39 is 5.91 Å². The predicted molar refractivity (Wildman–Crippen MR) is 95.0 cm³/mol. The van der Waals surface area contributed by atoms with Crippen LogP contribution in [0.2, 0.25) is 0 Å². The average molecular weight is 363 g/mol. The minimum Gasteiger partial charge on any atom is -0.493 e. The molecule has 2 aromatic rings. The minimum atomic E-state index is -0.589. The maximum Gasteiger partial charge on any atom is 0.255 e. The van der Waals surface area contributed by atoms with Crippen LogP contribution in [0.4, 0.5) is 0 Å². The van der Waals surface area contributed by atoms with Crippen LogP contribution < -0.4 is 20.5 Å². The highest BCUT2D eigenvalue weighted by Gasteiger charge is 2.18. The lowest BCUT2D eigenvalue weighted by atomic mass is 10.1. The molecule has 0 saturated heterocycles. The Balaban J connectivity index is 2.14. The number of ether oxygens (including phenoxy) is 2. The molecule has 0 saturated carbocycles. The molecule has 0 spiro atoms. The standard InChI is InChI=1S/C17H21N3O4S/c1-4-12(17-19-10(2)9-25-17)20-16(22)11-5-6-13(14(7-11)23-3)24-8-15(18)21/h5-7,9,12H,4,8H2,1-3H3,(H2,18,21)(H,20,22). The van der Waals surface area contributed by atoms with Gasteiger partial charge in [-0.15, -0.1) is 11.3 Å². The first-order valence-electron chi connectivity index (χ1n) is 7.76. The fraction of sp³-hybridized carbons (Fsp3) is 0.353. The van der Waals surface area contributed by atoms with Crippen molar-refractivity contribution in [2.45, 2.75) is 26.3 Å². The number of thiazole rings is 1. The van der Waals surface area contributed by atoms with Crippen LogP contribution in [0.15, 0.2) is 23.6 Å². The third-order valence-electron chi connectivity index (χ3n) is 3.44. The van der Waals surface area contributed by atoms with Crippen LogP contribution in [0.25, 0.3) is 0 Å². The zero-order chi connectivity index (χ0) is 18.4. The Morgan fingerprint density at radius 2 is 2.12 bits per heavy atom. The van der Waals surface area contributed by atoms with Crippen molar-refractivity contribution in [1.29, 1.82) is 0 Å². The number of nitrogens with zero attached hydrogens (tertiary/aromatic N) is 1. The fourth-order valence-electron chi connectivity index (χ4n) is 2.19. The molecule has 134 valence electrons. The van der Waals surface area contributed by atoms with Gasteiger partial charge in [-0.3, -0.25) is 9.59 Å². The first-order valence-corrected chi connectivity index (χ1v) is 8.64. The van der Waals surface area contributed by atoms with E-state index in [4.69, 9.17) is 15.2 Å². The summed E-state index contributed by atoms with van der Waals surface area (Å²) in [5.41, 5.74) is 6.42. The van der Waals surface area contributed by atoms with Crippen molar-refractivity contribution in [3.8, 4) is 11.5 Å². The number of nitrogens with two attached hydrogens (primary N) is 1. The highest BCUT2D eigenvalue weighted by atomic mass is 32.1. The maximum atomic E-state index is 12.5. The van der Waals surface area contributed by atoms with Gasteiger partial charge >= 0.3 is 0 Å². The molecule has 25 heavy (non-hydrogen) atoms. The Morgan fingerprint density at radius 3 is 2.68 bits per heavy atom. The molecule has 0 aliphatic rings. The lowest BCUT2D eigenvalue weighted by Crippen LogP contribution is -2.28. The average Bonchev–Trinajstić information content (AvgIpc) is 3.03. The second kappa shape index (κ2) is 8.48. The van der Waals surface area contributed by atoms with Gasteiger partial charge in [0.15, 0.2) is 18.1 Å². The van der Waals surface area contributed by atoms with Crippen molar-refractivity contribution in [2.75, 3.05) is 13.7 Å². The fourth-order valence-corrected chi connectivity index (χ4v) is 3.12. The predicted octanol–water partition coefficient (Wildman–Crippen LogP) is 2.21. The zero-order valence-electron chi connectivity index (χ0n) is 14.4. The summed E-state index contributed by atoms with van der Waals surface area (Å²) in [6.07, 6.45) is 0.732. The van der Waals surface area contributed by atoms with E-state index in [1.165, 1.54) is 18.4 Å². The van der Waals surface area contributed by atoms with Gasteiger partial charge in [0, 0.05) is 16.6 Å². The summed E-state index contributed by atoms with van der Waals surface area (Å²) in [6, 6.07) is 4.59. The van der Waals surface area contributed by atoms with E-state index in [1.807, 2.05) is 19.2 Å². The van der Waals surface area contributed by atoms with Gasteiger partial charge in [-0.05, 0) is 31.5 Å². The number of nitrogens with one attached hydrogen (secondary N) is 1. The number of aryl methyl sites for hydroxylation is 1. The van der Waals surface area contributed by atoms with Crippen molar-refractivity contribution >= 4 is 23.2 Å². The van der Waals surface area contributed by atoms with Crippen molar-refractivity contribution in [1.82, 2.24) is 10.3 Å². The molecule has 0 aliphatic heterocycles. The second-order valence-electron chi connectivity index (χ2n) is 5.38. The number of methoxy groups -OCH3 is 1. The van der Waals surface area contributed by atoms with Crippen LogP contribution in [-0.4, -0.2) is 30.5 Å². The monoisotopic (exact) mass is 363 g/mol. The Bertz CT molecular complexity index is 760. The van der Waals surface area contributed by atoms with Gasteiger partial charge in [-0.25, -0.2) is 4.98 Å². The molecule has 0 radical (unpaired) electrons. The van der Waals surface area contributed by atoms with E-state index in [1.54, 1.807) is 18.2 Å². The Kier molecular flexibility index (Phi) is 6.35. The molecule has 1 aromatic carbocycles. The molecule has 2 rings (SSSR count). The Hall–Kier alpha value is -2.61. The van der Waals surface area contributed by atoms with E-state index in [-0.39, 0.29) is 18.6 Å². The number of primary amides is 1. The minimum absolute atomic E-state index is 0.150. The second-order valence-corrected chi connectivity index (χ2v) is 6.27. The number of hydrogen-bond donors (Lipinski definition) is 2. The van der Waals surface area contributed by atoms with E-state index in [0.717, 1.165) is 17.1 Å². The summed E-state index contributed by atoms with van der Waals surface area (Å²) in [6.45, 7) is 3.65. The van der Waals surface area contributed by atoms with Crippen LogP contribution >= 0.6 is 11.3 Å². The number of benzene rings is 1. The number of rotatable bonds is 8. The summed E-state index contributed by atoms with van der Waals surface area (Å²) in [4.78, 5) is 27.8. The van der Waals surface area contributed by atoms with Crippen molar-refractivity contribution in [3.05, 3.63) is 39.8 Å². The largest absolute Gasteiger partial charge is 0.493 e. The molecule has 1 heterocycles. The van der Waals surface area contributed by atoms with E-state index in [9.17, 15) is 9.59 Å². The molecular weight excluding hydrogens is 342 g/mol. The molecule has 0 fully saturated rings. The van der Waals surface area contributed by atoms with Crippen molar-refractivity contribution in [2.24, 2.45) is 5.73 Å². The summed E-state index contributed by atoms with van der Waals surface area (Å²) in [5, 5.41) is 5.81. The number of aromatic nitrogens is 1. The quantitative estimate of drug-likeness (QED) is 0.748. The molecule has 8 heteroatoms. The third-order valence-corrected chi connectivity index (χ3v) is 4.52. The summed E-state index contributed by atoms with van der Waals surface area (Å²) in [7, 11) is 1.46. The summed E-state index contributed by atoms with van der Waals surface area (Å²) < 4.78 is 10.5. The van der Waals surface area contributed by atoms with Crippen molar-refractivity contribution in [3.63, 3.8) is 0 Å². The Morgan fingerprint density at radius 1 is 1.36 bits per heavy atom. The highest BCUT2D eigenvalue weighted by molar-refractivity contribution is 7.09. The van der Waals surface area contributed by atoms with Crippen LogP contribution in [0, 0.1) is 6.92 Å². The maximum absolute atomic E-state index is 12.5. The molecular formula is C17H21N3O4S. The van der Waals surface area contributed by atoms with Gasteiger partial charge in [0.05, 0.1) is 13.2 Å². The molecule has 0 aliphatic carbocycles. The SMILES string of the molecule is CCC(NC(=O)c1ccc(OCC(N)=O)c(OC)c1)c1nc(C)cs1. The van der Waals surface area contributed by atoms with Crippen LogP contribution in [-0.2, 0) is 4.79 Å². The third kappa shape index (κ3) is 4.93. The number of carbonyl (C=O) groups excluding carboxylic acids is 2. The normalized spacial score (nSPS) is 11.6.